The van der Waals surface area contributed by atoms with Crippen LogP contribution >= 0.6 is 0 Å². The number of carboxylic acid groups (broad SMARTS) is 1. The molecule has 0 fully saturated rings. The van der Waals surface area contributed by atoms with Gasteiger partial charge in [0.15, 0.2) is 5.78 Å². The SMILES string of the molecule is Cc1ncc(/C=C/C(=O)c2cnc(C(=O)O)nc2)n1C. The Morgan fingerprint density at radius 3 is 2.35 bits per heavy atom. The van der Waals surface area contributed by atoms with Gasteiger partial charge < -0.3 is 9.67 Å². The normalized spacial score (nSPS) is 10.9. The number of carbonyl (C=O) groups is 2. The highest BCUT2D eigenvalue weighted by atomic mass is 16.4. The third-order valence-corrected chi connectivity index (χ3v) is 2.79. The van der Waals surface area contributed by atoms with Crippen molar-refractivity contribution in [3.63, 3.8) is 0 Å². The summed E-state index contributed by atoms with van der Waals surface area (Å²) in [6, 6.07) is 0. The number of hydrogen-bond acceptors (Lipinski definition) is 5. The van der Waals surface area contributed by atoms with E-state index in [0.717, 1.165) is 11.5 Å². The van der Waals surface area contributed by atoms with Crippen LogP contribution < -0.4 is 0 Å². The summed E-state index contributed by atoms with van der Waals surface area (Å²) in [5.41, 5.74) is 1.02. The van der Waals surface area contributed by atoms with E-state index in [4.69, 9.17) is 5.11 Å². The number of carbonyl (C=O) groups excluding carboxylic acids is 1. The predicted octanol–water partition coefficient (Wildman–Crippen LogP) is 1.11. The molecule has 2 heterocycles. The molecule has 0 aromatic carbocycles. The van der Waals surface area contributed by atoms with E-state index in [1.165, 1.54) is 18.5 Å². The van der Waals surface area contributed by atoms with E-state index in [2.05, 4.69) is 15.0 Å². The maximum atomic E-state index is 11.9. The lowest BCUT2D eigenvalue weighted by Crippen LogP contribution is -2.06. The molecule has 0 aliphatic carbocycles. The second-order valence-electron chi connectivity index (χ2n) is 4.09. The van der Waals surface area contributed by atoms with Gasteiger partial charge in [-0.2, -0.15) is 0 Å². The van der Waals surface area contributed by atoms with Gasteiger partial charge >= 0.3 is 5.97 Å². The van der Waals surface area contributed by atoms with Crippen LogP contribution in [0.15, 0.2) is 24.7 Å². The minimum Gasteiger partial charge on any atom is -0.475 e. The zero-order chi connectivity index (χ0) is 14.7. The van der Waals surface area contributed by atoms with Crippen LogP contribution in [0.5, 0.6) is 0 Å². The summed E-state index contributed by atoms with van der Waals surface area (Å²) in [5, 5.41) is 8.67. The second-order valence-corrected chi connectivity index (χ2v) is 4.09. The number of allylic oxidation sites excluding steroid dienone is 1. The molecular formula is C13H12N4O3. The molecule has 0 saturated heterocycles. The molecule has 102 valence electrons. The van der Waals surface area contributed by atoms with Gasteiger partial charge in [-0.05, 0) is 19.1 Å². The number of nitrogens with zero attached hydrogens (tertiary/aromatic N) is 4. The Morgan fingerprint density at radius 1 is 1.20 bits per heavy atom. The fourth-order valence-electron chi connectivity index (χ4n) is 1.50. The number of aromatic nitrogens is 4. The number of rotatable bonds is 4. The van der Waals surface area contributed by atoms with E-state index < -0.39 is 5.97 Å². The van der Waals surface area contributed by atoms with Crippen LogP contribution in [0.4, 0.5) is 0 Å². The first kappa shape index (κ1) is 13.6. The number of aryl methyl sites for hydroxylation is 1. The summed E-state index contributed by atoms with van der Waals surface area (Å²) >= 11 is 0. The number of carboxylic acids is 1. The van der Waals surface area contributed by atoms with Crippen molar-refractivity contribution in [2.24, 2.45) is 7.05 Å². The summed E-state index contributed by atoms with van der Waals surface area (Å²) in [5.74, 6) is -1.04. The summed E-state index contributed by atoms with van der Waals surface area (Å²) in [4.78, 5) is 33.8. The fourth-order valence-corrected chi connectivity index (χ4v) is 1.50. The lowest BCUT2D eigenvalue weighted by atomic mass is 10.2. The maximum absolute atomic E-state index is 11.9. The van der Waals surface area contributed by atoms with E-state index >= 15 is 0 Å². The van der Waals surface area contributed by atoms with Crippen molar-refractivity contribution in [3.8, 4) is 0 Å². The molecule has 2 rings (SSSR count). The molecule has 0 unspecified atom stereocenters. The Labute approximate surface area is 114 Å². The van der Waals surface area contributed by atoms with Gasteiger partial charge in [0.05, 0.1) is 17.5 Å². The van der Waals surface area contributed by atoms with Crippen LogP contribution in [0.3, 0.4) is 0 Å². The molecule has 7 heteroatoms. The van der Waals surface area contributed by atoms with Crippen LogP contribution in [0.25, 0.3) is 6.08 Å². The van der Waals surface area contributed by atoms with Crippen molar-refractivity contribution in [1.82, 2.24) is 19.5 Å². The fraction of sp³-hybridized carbons (Fsp3) is 0.154. The molecule has 0 atom stereocenters. The van der Waals surface area contributed by atoms with Gasteiger partial charge in [0, 0.05) is 19.4 Å². The standard InChI is InChI=1S/C13H12N4O3/c1-8-14-7-10(17(8)2)3-4-11(18)9-5-15-12(13(19)20)16-6-9/h3-7H,1-2H3,(H,19,20)/b4-3+. The molecule has 0 aliphatic heterocycles. The zero-order valence-electron chi connectivity index (χ0n) is 10.9. The van der Waals surface area contributed by atoms with E-state index in [-0.39, 0.29) is 17.2 Å². The molecule has 1 N–H and O–H groups in total. The number of hydrogen-bond donors (Lipinski definition) is 1. The van der Waals surface area contributed by atoms with Gasteiger partial charge in [0.1, 0.15) is 5.82 Å². The highest BCUT2D eigenvalue weighted by molar-refractivity contribution is 6.06. The first-order valence-electron chi connectivity index (χ1n) is 5.75. The molecule has 0 saturated carbocycles. The minimum atomic E-state index is -1.23. The average molecular weight is 272 g/mol. The summed E-state index contributed by atoms with van der Waals surface area (Å²) in [7, 11) is 1.84. The van der Waals surface area contributed by atoms with Crippen LogP contribution in [0.2, 0.25) is 0 Å². The largest absolute Gasteiger partial charge is 0.475 e. The molecule has 2 aromatic heterocycles. The van der Waals surface area contributed by atoms with Crippen molar-refractivity contribution in [1.29, 1.82) is 0 Å². The smallest absolute Gasteiger partial charge is 0.373 e. The first-order chi connectivity index (χ1) is 9.49. The summed E-state index contributed by atoms with van der Waals surface area (Å²) < 4.78 is 1.84. The molecule has 0 bridgehead atoms. The van der Waals surface area contributed by atoms with Gasteiger partial charge in [-0.25, -0.2) is 19.7 Å². The number of imidazole rings is 1. The van der Waals surface area contributed by atoms with Crippen LogP contribution in [0, 0.1) is 6.92 Å². The number of aromatic carboxylic acids is 1. The second kappa shape index (κ2) is 5.43. The Kier molecular flexibility index (Phi) is 3.69. The highest BCUT2D eigenvalue weighted by Gasteiger charge is 2.08. The topological polar surface area (TPSA) is 98.0 Å². The van der Waals surface area contributed by atoms with Crippen molar-refractivity contribution in [2.45, 2.75) is 6.92 Å². The molecule has 0 radical (unpaired) electrons. The predicted molar refractivity (Wildman–Crippen MR) is 70.3 cm³/mol. The summed E-state index contributed by atoms with van der Waals surface area (Å²) in [6.45, 7) is 1.86. The van der Waals surface area contributed by atoms with E-state index in [1.54, 1.807) is 12.3 Å². The molecular weight excluding hydrogens is 260 g/mol. The van der Waals surface area contributed by atoms with Crippen molar-refractivity contribution >= 4 is 17.8 Å². The molecule has 0 spiro atoms. The van der Waals surface area contributed by atoms with Gasteiger partial charge in [-0.15, -0.1) is 0 Å². The van der Waals surface area contributed by atoms with Crippen molar-refractivity contribution in [3.05, 3.63) is 47.6 Å². The Bertz CT molecular complexity index is 686. The van der Waals surface area contributed by atoms with Gasteiger partial charge in [0.2, 0.25) is 5.82 Å². The third-order valence-electron chi connectivity index (χ3n) is 2.79. The van der Waals surface area contributed by atoms with Crippen molar-refractivity contribution < 1.29 is 14.7 Å². The molecule has 2 aromatic rings. The quantitative estimate of drug-likeness (QED) is 0.661. The molecule has 0 amide bonds. The Morgan fingerprint density at radius 2 is 1.85 bits per heavy atom. The zero-order valence-corrected chi connectivity index (χ0v) is 10.9. The Balaban J connectivity index is 2.16. The van der Waals surface area contributed by atoms with Crippen LogP contribution in [-0.4, -0.2) is 36.4 Å². The lowest BCUT2D eigenvalue weighted by molar-refractivity contribution is 0.0682. The molecule has 20 heavy (non-hydrogen) atoms. The van der Waals surface area contributed by atoms with Crippen LogP contribution in [-0.2, 0) is 7.05 Å². The molecule has 0 aliphatic rings. The van der Waals surface area contributed by atoms with Gasteiger partial charge in [0.25, 0.3) is 0 Å². The van der Waals surface area contributed by atoms with E-state index in [9.17, 15) is 9.59 Å². The average Bonchev–Trinajstić information content (AvgIpc) is 2.76. The third kappa shape index (κ3) is 2.77. The van der Waals surface area contributed by atoms with E-state index in [0.29, 0.717) is 0 Å². The Hall–Kier alpha value is -2.83. The first-order valence-corrected chi connectivity index (χ1v) is 5.75. The minimum absolute atomic E-state index is 0.227. The highest BCUT2D eigenvalue weighted by Crippen LogP contribution is 2.06. The monoisotopic (exact) mass is 272 g/mol. The van der Waals surface area contributed by atoms with Crippen molar-refractivity contribution in [2.75, 3.05) is 0 Å². The van der Waals surface area contributed by atoms with Crippen LogP contribution in [0.1, 0.15) is 32.5 Å². The molecule has 7 nitrogen and oxygen atoms in total. The van der Waals surface area contributed by atoms with Gasteiger partial charge in [-0.3, -0.25) is 4.79 Å². The maximum Gasteiger partial charge on any atom is 0.373 e. The number of ketones is 1. The van der Waals surface area contributed by atoms with Gasteiger partial charge in [-0.1, -0.05) is 0 Å². The van der Waals surface area contributed by atoms with E-state index in [1.807, 2.05) is 18.5 Å². The lowest BCUT2D eigenvalue weighted by Gasteiger charge is -1.98. The summed E-state index contributed by atoms with van der Waals surface area (Å²) in [6.07, 6.45) is 7.04.